The summed E-state index contributed by atoms with van der Waals surface area (Å²) in [6.45, 7) is 2.47. The van der Waals surface area contributed by atoms with Crippen molar-refractivity contribution < 1.29 is 13.2 Å². The summed E-state index contributed by atoms with van der Waals surface area (Å²) in [6.07, 6.45) is 2.05. The number of hydrogen-bond donors (Lipinski definition) is 0. The van der Waals surface area contributed by atoms with E-state index in [0.717, 1.165) is 17.6 Å². The van der Waals surface area contributed by atoms with Gasteiger partial charge in [0.1, 0.15) is 0 Å². The van der Waals surface area contributed by atoms with Crippen LogP contribution in [0.2, 0.25) is 0 Å². The van der Waals surface area contributed by atoms with Crippen molar-refractivity contribution in [3.8, 4) is 0 Å². The van der Waals surface area contributed by atoms with Crippen LogP contribution in [0, 0.1) is 11.8 Å². The van der Waals surface area contributed by atoms with E-state index in [2.05, 4.69) is 0 Å². The minimum absolute atomic E-state index is 0.0703. The lowest BCUT2D eigenvalue weighted by Crippen LogP contribution is -2.38. The van der Waals surface area contributed by atoms with Gasteiger partial charge >= 0.3 is 0 Å². The van der Waals surface area contributed by atoms with Gasteiger partial charge in [-0.25, -0.2) is 8.42 Å². The van der Waals surface area contributed by atoms with Gasteiger partial charge in [0, 0.05) is 30.3 Å². The molecule has 1 amide bonds. The number of allylic oxidation sites excluding steroid dienone is 2. The van der Waals surface area contributed by atoms with Gasteiger partial charge in [0.15, 0.2) is 9.84 Å². The quantitative estimate of drug-likeness (QED) is 0.855. The third-order valence-electron chi connectivity index (χ3n) is 5.06. The molecule has 2 atom stereocenters. The molecule has 0 aromatic heterocycles. The molecule has 23 heavy (non-hydrogen) atoms. The SMILES string of the molecule is CC1=C2[C@H](CCS2(=O)=O)[C@@H](C(=O)N(C)Cc2ccccc2)CC1. The summed E-state index contributed by atoms with van der Waals surface area (Å²) in [5.41, 5.74) is 2.05. The third kappa shape index (κ3) is 3.07. The number of fused-ring (bicyclic) bond motifs is 1. The van der Waals surface area contributed by atoms with E-state index < -0.39 is 9.84 Å². The summed E-state index contributed by atoms with van der Waals surface area (Å²) in [5.74, 6) is -0.0450. The van der Waals surface area contributed by atoms with Gasteiger partial charge in [-0.3, -0.25) is 4.79 Å². The molecule has 0 N–H and O–H groups in total. The van der Waals surface area contributed by atoms with Crippen LogP contribution in [0.3, 0.4) is 0 Å². The van der Waals surface area contributed by atoms with Gasteiger partial charge in [-0.05, 0) is 31.7 Å². The Labute approximate surface area is 138 Å². The highest BCUT2D eigenvalue weighted by Crippen LogP contribution is 2.45. The van der Waals surface area contributed by atoms with Gasteiger partial charge < -0.3 is 4.90 Å². The first-order valence-electron chi connectivity index (χ1n) is 8.11. The van der Waals surface area contributed by atoms with Crippen LogP contribution < -0.4 is 0 Å². The van der Waals surface area contributed by atoms with Gasteiger partial charge in [-0.2, -0.15) is 0 Å². The smallest absolute Gasteiger partial charge is 0.226 e. The topological polar surface area (TPSA) is 54.5 Å². The van der Waals surface area contributed by atoms with Gasteiger partial charge in [-0.15, -0.1) is 0 Å². The van der Waals surface area contributed by atoms with Crippen LogP contribution >= 0.6 is 0 Å². The van der Waals surface area contributed by atoms with Crippen LogP contribution in [0.25, 0.3) is 0 Å². The largest absolute Gasteiger partial charge is 0.341 e. The van der Waals surface area contributed by atoms with Crippen molar-refractivity contribution in [1.82, 2.24) is 4.90 Å². The van der Waals surface area contributed by atoms with E-state index in [-0.39, 0.29) is 23.5 Å². The highest BCUT2D eigenvalue weighted by Gasteiger charge is 2.45. The number of rotatable bonds is 3. The molecule has 5 heteroatoms. The normalized spacial score (nSPS) is 26.0. The molecule has 0 unspecified atom stereocenters. The second kappa shape index (κ2) is 6.11. The summed E-state index contributed by atoms with van der Waals surface area (Å²) in [4.78, 5) is 15.2. The molecule has 0 spiro atoms. The number of amides is 1. The van der Waals surface area contributed by atoms with E-state index in [1.165, 1.54) is 0 Å². The predicted octanol–water partition coefficient (Wildman–Crippen LogP) is 2.76. The molecule has 2 aliphatic rings. The highest BCUT2D eigenvalue weighted by molar-refractivity contribution is 7.95. The van der Waals surface area contributed by atoms with Crippen LogP contribution in [-0.4, -0.2) is 32.0 Å². The fourth-order valence-electron chi connectivity index (χ4n) is 3.93. The first-order chi connectivity index (χ1) is 10.9. The van der Waals surface area contributed by atoms with E-state index in [1.807, 2.05) is 44.3 Å². The van der Waals surface area contributed by atoms with Crippen LogP contribution in [0.1, 0.15) is 31.7 Å². The second-order valence-corrected chi connectivity index (χ2v) is 8.76. The number of carbonyl (C=O) groups excluding carboxylic acids is 1. The van der Waals surface area contributed by atoms with E-state index in [4.69, 9.17) is 0 Å². The van der Waals surface area contributed by atoms with Crippen LogP contribution in [0.5, 0.6) is 0 Å². The van der Waals surface area contributed by atoms with Crippen LogP contribution in [0.4, 0.5) is 0 Å². The van der Waals surface area contributed by atoms with Crippen LogP contribution in [0.15, 0.2) is 40.8 Å². The Morgan fingerprint density at radius 1 is 1.22 bits per heavy atom. The van der Waals surface area contributed by atoms with Crippen molar-refractivity contribution in [3.05, 3.63) is 46.4 Å². The predicted molar refractivity (Wildman–Crippen MR) is 90.2 cm³/mol. The fourth-order valence-corrected chi connectivity index (χ4v) is 6.09. The van der Waals surface area contributed by atoms with Crippen molar-refractivity contribution in [1.29, 1.82) is 0 Å². The Hall–Kier alpha value is -1.62. The van der Waals surface area contributed by atoms with Crippen molar-refractivity contribution in [2.45, 2.75) is 32.7 Å². The monoisotopic (exact) mass is 333 g/mol. The van der Waals surface area contributed by atoms with Gasteiger partial charge in [0.25, 0.3) is 0 Å². The maximum absolute atomic E-state index is 12.9. The van der Waals surface area contributed by atoms with Gasteiger partial charge in [0.2, 0.25) is 5.91 Å². The molecule has 1 heterocycles. The molecule has 4 nitrogen and oxygen atoms in total. The average molecular weight is 333 g/mol. The minimum Gasteiger partial charge on any atom is -0.341 e. The van der Waals surface area contributed by atoms with Crippen LogP contribution in [-0.2, 0) is 21.2 Å². The van der Waals surface area contributed by atoms with Crippen molar-refractivity contribution in [2.75, 3.05) is 12.8 Å². The highest BCUT2D eigenvalue weighted by atomic mass is 32.2. The maximum atomic E-state index is 12.9. The lowest BCUT2D eigenvalue weighted by atomic mass is 9.78. The molecule has 3 rings (SSSR count). The molecule has 0 radical (unpaired) electrons. The number of benzene rings is 1. The Kier molecular flexibility index (Phi) is 4.32. The molecule has 1 fully saturated rings. The molecule has 0 saturated carbocycles. The fraction of sp³-hybridized carbons (Fsp3) is 0.500. The standard InChI is InChI=1S/C18H23NO3S/c1-13-8-9-16(15-10-11-23(21,22)17(13)15)18(20)19(2)12-14-6-4-3-5-7-14/h3-7,15-16H,8-12H2,1-2H3/t15-,16+/m1/s1. The minimum atomic E-state index is -3.14. The lowest BCUT2D eigenvalue weighted by molar-refractivity contribution is -0.136. The summed E-state index contributed by atoms with van der Waals surface area (Å²) in [6, 6.07) is 9.88. The van der Waals surface area contributed by atoms with Gasteiger partial charge in [0.05, 0.1) is 5.75 Å². The molecule has 124 valence electrons. The molecular weight excluding hydrogens is 310 g/mol. The summed E-state index contributed by atoms with van der Waals surface area (Å²) in [7, 11) is -1.33. The Morgan fingerprint density at radius 3 is 2.61 bits per heavy atom. The van der Waals surface area contributed by atoms with Crippen molar-refractivity contribution in [2.24, 2.45) is 11.8 Å². The zero-order chi connectivity index (χ0) is 16.6. The molecule has 1 aromatic rings. The van der Waals surface area contributed by atoms with Gasteiger partial charge in [-0.1, -0.05) is 35.9 Å². The number of sulfone groups is 1. The first kappa shape index (κ1) is 16.2. The zero-order valence-corrected chi connectivity index (χ0v) is 14.5. The van der Waals surface area contributed by atoms with E-state index in [1.54, 1.807) is 4.90 Å². The lowest BCUT2D eigenvalue weighted by Gasteiger charge is -2.32. The Balaban J connectivity index is 1.78. The number of carbonyl (C=O) groups is 1. The second-order valence-electron chi connectivity index (χ2n) is 6.68. The van der Waals surface area contributed by atoms with Crippen molar-refractivity contribution >= 4 is 15.7 Å². The molecule has 1 aliphatic heterocycles. The first-order valence-corrected chi connectivity index (χ1v) is 9.76. The molecule has 0 bridgehead atoms. The van der Waals surface area contributed by atoms with E-state index in [0.29, 0.717) is 24.3 Å². The summed E-state index contributed by atoms with van der Waals surface area (Å²) in [5, 5.41) is 0. The van der Waals surface area contributed by atoms with E-state index in [9.17, 15) is 13.2 Å². The van der Waals surface area contributed by atoms with Crippen molar-refractivity contribution in [3.63, 3.8) is 0 Å². The summed E-state index contributed by atoms with van der Waals surface area (Å²) >= 11 is 0. The zero-order valence-electron chi connectivity index (χ0n) is 13.7. The number of hydrogen-bond acceptors (Lipinski definition) is 3. The number of nitrogens with zero attached hydrogens (tertiary/aromatic N) is 1. The molecule has 1 aromatic carbocycles. The third-order valence-corrected chi connectivity index (χ3v) is 7.16. The molecule has 1 aliphatic carbocycles. The molecular formula is C18H23NO3S. The Bertz CT molecular complexity index is 737. The maximum Gasteiger partial charge on any atom is 0.226 e. The average Bonchev–Trinajstić information content (AvgIpc) is 2.85. The summed E-state index contributed by atoms with van der Waals surface area (Å²) < 4.78 is 24.5. The van der Waals surface area contributed by atoms with E-state index >= 15 is 0 Å². The Morgan fingerprint density at radius 2 is 1.91 bits per heavy atom. The molecule has 1 saturated heterocycles.